The lowest BCUT2D eigenvalue weighted by Gasteiger charge is -2.20. The standard InChI is InChI=1S/C14H22N4O2/c1-10-14(15)11(2)18(16-10)8-13(19)7-17(3)6-12-4-5-20-9-12/h4-5,9,13,19H,6-8,15H2,1-3H3. The molecule has 0 saturated heterocycles. The molecule has 0 aromatic carbocycles. The minimum Gasteiger partial charge on any atom is -0.472 e. The molecular weight excluding hydrogens is 256 g/mol. The SMILES string of the molecule is Cc1nn(CC(O)CN(C)Cc2ccoc2)c(C)c1N. The van der Waals surface area contributed by atoms with Crippen LogP contribution in [-0.4, -0.2) is 39.5 Å². The fraction of sp³-hybridized carbons (Fsp3) is 0.500. The third-order valence-electron chi connectivity index (χ3n) is 3.38. The zero-order valence-corrected chi connectivity index (χ0v) is 12.2. The maximum atomic E-state index is 10.2. The molecule has 2 aromatic heterocycles. The van der Waals surface area contributed by atoms with Crippen molar-refractivity contribution < 1.29 is 9.52 Å². The number of nitrogens with zero attached hydrogens (tertiary/aromatic N) is 3. The van der Waals surface area contributed by atoms with Crippen LogP contribution < -0.4 is 5.73 Å². The topological polar surface area (TPSA) is 80.5 Å². The van der Waals surface area contributed by atoms with E-state index in [0.717, 1.165) is 23.5 Å². The molecule has 0 aliphatic rings. The zero-order valence-electron chi connectivity index (χ0n) is 12.2. The molecule has 0 aliphatic heterocycles. The van der Waals surface area contributed by atoms with Crippen molar-refractivity contribution in [2.45, 2.75) is 33.0 Å². The van der Waals surface area contributed by atoms with E-state index in [2.05, 4.69) is 5.10 Å². The Morgan fingerprint density at radius 1 is 1.50 bits per heavy atom. The van der Waals surface area contributed by atoms with Gasteiger partial charge in [0.25, 0.3) is 0 Å². The van der Waals surface area contributed by atoms with E-state index in [4.69, 9.17) is 10.2 Å². The molecule has 2 rings (SSSR count). The molecule has 0 aliphatic carbocycles. The van der Waals surface area contributed by atoms with Crippen LogP contribution >= 0.6 is 0 Å². The highest BCUT2D eigenvalue weighted by atomic mass is 16.3. The number of likely N-dealkylation sites (N-methyl/N-ethyl adjacent to an activating group) is 1. The number of nitrogens with two attached hydrogens (primary N) is 1. The molecule has 6 heteroatoms. The van der Waals surface area contributed by atoms with Gasteiger partial charge < -0.3 is 15.3 Å². The summed E-state index contributed by atoms with van der Waals surface area (Å²) in [6.07, 6.45) is 2.87. The Labute approximate surface area is 118 Å². The average molecular weight is 278 g/mol. The number of furan rings is 1. The fourth-order valence-corrected chi connectivity index (χ4v) is 2.26. The molecule has 0 saturated carbocycles. The quantitative estimate of drug-likeness (QED) is 0.829. The predicted molar refractivity (Wildman–Crippen MR) is 77.2 cm³/mol. The average Bonchev–Trinajstić information content (AvgIpc) is 2.95. The van der Waals surface area contributed by atoms with E-state index in [-0.39, 0.29) is 0 Å². The Kier molecular flexibility index (Phi) is 4.46. The Bertz CT molecular complexity index is 548. The van der Waals surface area contributed by atoms with Crippen LogP contribution in [0.1, 0.15) is 17.0 Å². The van der Waals surface area contributed by atoms with Crippen molar-refractivity contribution in [2.24, 2.45) is 0 Å². The number of hydrogen-bond donors (Lipinski definition) is 2. The number of aryl methyl sites for hydroxylation is 1. The van der Waals surface area contributed by atoms with Gasteiger partial charge in [-0.05, 0) is 27.0 Å². The van der Waals surface area contributed by atoms with E-state index >= 15 is 0 Å². The van der Waals surface area contributed by atoms with Gasteiger partial charge >= 0.3 is 0 Å². The van der Waals surface area contributed by atoms with Crippen molar-refractivity contribution in [3.05, 3.63) is 35.5 Å². The van der Waals surface area contributed by atoms with E-state index < -0.39 is 6.10 Å². The summed E-state index contributed by atoms with van der Waals surface area (Å²) in [7, 11) is 1.96. The molecule has 0 spiro atoms. The van der Waals surface area contributed by atoms with Gasteiger partial charge in [-0.2, -0.15) is 5.10 Å². The molecule has 1 atom stereocenters. The first kappa shape index (κ1) is 14.6. The molecule has 0 amide bonds. The summed E-state index contributed by atoms with van der Waals surface area (Å²) in [6.45, 7) is 5.53. The van der Waals surface area contributed by atoms with Crippen molar-refractivity contribution in [3.8, 4) is 0 Å². The van der Waals surface area contributed by atoms with Crippen LogP contribution in [0, 0.1) is 13.8 Å². The van der Waals surface area contributed by atoms with Crippen molar-refractivity contribution >= 4 is 5.69 Å². The van der Waals surface area contributed by atoms with Gasteiger partial charge in [-0.25, -0.2) is 0 Å². The molecule has 110 valence electrons. The third-order valence-corrected chi connectivity index (χ3v) is 3.38. The summed E-state index contributed by atoms with van der Waals surface area (Å²) >= 11 is 0. The summed E-state index contributed by atoms with van der Waals surface area (Å²) in [5.41, 5.74) is 9.38. The van der Waals surface area contributed by atoms with Gasteiger partial charge in [0.2, 0.25) is 0 Å². The van der Waals surface area contributed by atoms with E-state index in [1.165, 1.54) is 0 Å². The first-order chi connectivity index (χ1) is 9.47. The molecule has 0 radical (unpaired) electrons. The molecule has 20 heavy (non-hydrogen) atoms. The summed E-state index contributed by atoms with van der Waals surface area (Å²) in [6, 6.07) is 1.92. The summed E-state index contributed by atoms with van der Waals surface area (Å²) in [5.74, 6) is 0. The predicted octanol–water partition coefficient (Wildman–Crippen LogP) is 1.17. The van der Waals surface area contributed by atoms with Crippen molar-refractivity contribution in [3.63, 3.8) is 0 Å². The van der Waals surface area contributed by atoms with E-state index in [9.17, 15) is 5.11 Å². The third kappa shape index (κ3) is 3.40. The Morgan fingerprint density at radius 2 is 2.25 bits per heavy atom. The first-order valence-electron chi connectivity index (χ1n) is 6.64. The monoisotopic (exact) mass is 278 g/mol. The van der Waals surface area contributed by atoms with Gasteiger partial charge in [0, 0.05) is 18.7 Å². The van der Waals surface area contributed by atoms with Gasteiger partial charge in [0.05, 0.1) is 42.3 Å². The number of nitrogen functional groups attached to an aromatic ring is 1. The van der Waals surface area contributed by atoms with Crippen LogP contribution in [0.25, 0.3) is 0 Å². The first-order valence-corrected chi connectivity index (χ1v) is 6.64. The van der Waals surface area contributed by atoms with Crippen molar-refractivity contribution in [1.82, 2.24) is 14.7 Å². The maximum Gasteiger partial charge on any atom is 0.0947 e. The number of rotatable bonds is 6. The minimum absolute atomic E-state index is 0.444. The number of aliphatic hydroxyl groups is 1. The van der Waals surface area contributed by atoms with E-state index in [0.29, 0.717) is 18.8 Å². The molecule has 6 nitrogen and oxygen atoms in total. The molecule has 1 unspecified atom stereocenters. The van der Waals surface area contributed by atoms with Gasteiger partial charge in [-0.1, -0.05) is 0 Å². The molecule has 2 aromatic rings. The van der Waals surface area contributed by atoms with E-state index in [1.54, 1.807) is 17.2 Å². The Balaban J connectivity index is 1.88. The number of anilines is 1. The van der Waals surface area contributed by atoms with E-state index in [1.807, 2.05) is 31.9 Å². The highest BCUT2D eigenvalue weighted by Gasteiger charge is 2.14. The smallest absolute Gasteiger partial charge is 0.0947 e. The number of hydrogen-bond acceptors (Lipinski definition) is 5. The molecule has 0 bridgehead atoms. The number of aromatic nitrogens is 2. The zero-order chi connectivity index (χ0) is 14.7. The largest absolute Gasteiger partial charge is 0.472 e. The molecular formula is C14H22N4O2. The lowest BCUT2D eigenvalue weighted by atomic mass is 10.2. The normalized spacial score (nSPS) is 13.1. The second-order valence-electron chi connectivity index (χ2n) is 5.25. The fourth-order valence-electron chi connectivity index (χ4n) is 2.26. The molecule has 0 fully saturated rings. The number of aliphatic hydroxyl groups excluding tert-OH is 1. The Hall–Kier alpha value is -1.79. The minimum atomic E-state index is -0.496. The molecule has 2 heterocycles. The van der Waals surface area contributed by atoms with Crippen LogP contribution in [-0.2, 0) is 13.1 Å². The maximum absolute atomic E-state index is 10.2. The van der Waals surface area contributed by atoms with Gasteiger partial charge in [-0.3, -0.25) is 9.58 Å². The van der Waals surface area contributed by atoms with Crippen LogP contribution in [0.15, 0.2) is 23.0 Å². The lowest BCUT2D eigenvalue weighted by Crippen LogP contribution is -2.32. The highest BCUT2D eigenvalue weighted by molar-refractivity contribution is 5.46. The highest BCUT2D eigenvalue weighted by Crippen LogP contribution is 2.15. The van der Waals surface area contributed by atoms with Gasteiger partial charge in [-0.15, -0.1) is 0 Å². The van der Waals surface area contributed by atoms with Crippen molar-refractivity contribution in [1.29, 1.82) is 0 Å². The van der Waals surface area contributed by atoms with Crippen LogP contribution in [0.2, 0.25) is 0 Å². The van der Waals surface area contributed by atoms with Gasteiger partial charge in [0.15, 0.2) is 0 Å². The molecule has 3 N–H and O–H groups in total. The Morgan fingerprint density at radius 3 is 2.80 bits per heavy atom. The second-order valence-corrected chi connectivity index (χ2v) is 5.25. The van der Waals surface area contributed by atoms with Crippen molar-refractivity contribution in [2.75, 3.05) is 19.3 Å². The van der Waals surface area contributed by atoms with Crippen LogP contribution in [0.4, 0.5) is 5.69 Å². The second kappa shape index (κ2) is 6.11. The summed E-state index contributed by atoms with van der Waals surface area (Å²) < 4.78 is 6.80. The van der Waals surface area contributed by atoms with Crippen LogP contribution in [0.3, 0.4) is 0 Å². The van der Waals surface area contributed by atoms with Crippen LogP contribution in [0.5, 0.6) is 0 Å². The lowest BCUT2D eigenvalue weighted by molar-refractivity contribution is 0.103. The summed E-state index contributed by atoms with van der Waals surface area (Å²) in [4.78, 5) is 2.05. The van der Waals surface area contributed by atoms with Gasteiger partial charge in [0.1, 0.15) is 0 Å². The summed E-state index contributed by atoms with van der Waals surface area (Å²) in [5, 5.41) is 14.5.